The van der Waals surface area contributed by atoms with Gasteiger partial charge in [0.25, 0.3) is 0 Å². The molecular formula is C9H16N4O2. The van der Waals surface area contributed by atoms with Gasteiger partial charge in [0.1, 0.15) is 6.54 Å². The average Bonchev–Trinajstić information content (AvgIpc) is 2.58. The van der Waals surface area contributed by atoms with E-state index in [1.54, 1.807) is 0 Å². The molecule has 0 amide bonds. The molecule has 0 radical (unpaired) electrons. The van der Waals surface area contributed by atoms with Crippen molar-refractivity contribution in [3.63, 3.8) is 0 Å². The maximum absolute atomic E-state index is 10.8. The summed E-state index contributed by atoms with van der Waals surface area (Å²) in [5.41, 5.74) is 0.499. The van der Waals surface area contributed by atoms with Crippen LogP contribution in [0.1, 0.15) is 38.8 Å². The van der Waals surface area contributed by atoms with E-state index in [0.717, 1.165) is 19.3 Å². The van der Waals surface area contributed by atoms with Crippen molar-refractivity contribution in [2.75, 3.05) is 0 Å². The van der Waals surface area contributed by atoms with Crippen molar-refractivity contribution in [3.8, 4) is 0 Å². The Bertz CT molecular complexity index is 335. The molecule has 0 aliphatic rings. The molecule has 15 heavy (non-hydrogen) atoms. The minimum absolute atomic E-state index is 0.0605. The van der Waals surface area contributed by atoms with Gasteiger partial charge in [0.15, 0.2) is 5.69 Å². The van der Waals surface area contributed by atoms with Gasteiger partial charge in [-0.25, -0.2) is 0 Å². The van der Waals surface area contributed by atoms with Crippen LogP contribution in [0.3, 0.4) is 0 Å². The lowest BCUT2D eigenvalue weighted by atomic mass is 10.2. The molecule has 0 aliphatic carbocycles. The van der Waals surface area contributed by atoms with Gasteiger partial charge >= 0.3 is 5.82 Å². The lowest BCUT2D eigenvalue weighted by Gasteiger charge is -1.98. The Morgan fingerprint density at radius 3 is 2.67 bits per heavy atom. The smallest absolute Gasteiger partial charge is 0.358 e. The number of rotatable bonds is 6. The van der Waals surface area contributed by atoms with Gasteiger partial charge in [-0.15, -0.1) is 9.78 Å². The van der Waals surface area contributed by atoms with Crippen molar-refractivity contribution in [2.45, 2.75) is 46.1 Å². The van der Waals surface area contributed by atoms with E-state index in [-0.39, 0.29) is 10.7 Å². The maximum atomic E-state index is 10.8. The third-order valence-electron chi connectivity index (χ3n) is 2.16. The molecule has 1 aromatic rings. The van der Waals surface area contributed by atoms with E-state index < -0.39 is 0 Å². The number of unbranched alkanes of at least 4 members (excludes halogenated alkanes) is 1. The van der Waals surface area contributed by atoms with Crippen LogP contribution >= 0.6 is 0 Å². The second-order valence-electron chi connectivity index (χ2n) is 3.44. The van der Waals surface area contributed by atoms with Crippen LogP contribution in [-0.2, 0) is 13.0 Å². The summed E-state index contributed by atoms with van der Waals surface area (Å²) < 4.78 is 1.40. The summed E-state index contributed by atoms with van der Waals surface area (Å²) in [6.45, 7) is 4.58. The molecule has 0 bridgehead atoms. The standard InChI is InChI=1S/C9H16N4O2/c1-3-5-7-12-9(13(14)15)8(6-4-2)10-11-12/h3-7H2,1-2H3. The molecule has 0 aliphatic heterocycles. The van der Waals surface area contributed by atoms with Crippen LogP contribution in [0.4, 0.5) is 5.82 Å². The largest absolute Gasteiger partial charge is 0.368 e. The van der Waals surface area contributed by atoms with Gasteiger partial charge in [0, 0.05) is 5.21 Å². The Morgan fingerprint density at radius 1 is 1.40 bits per heavy atom. The summed E-state index contributed by atoms with van der Waals surface area (Å²) in [7, 11) is 0. The third kappa shape index (κ3) is 2.74. The van der Waals surface area contributed by atoms with Gasteiger partial charge in [0.2, 0.25) is 0 Å². The second-order valence-corrected chi connectivity index (χ2v) is 3.44. The summed E-state index contributed by atoms with van der Waals surface area (Å²) in [6.07, 6.45) is 3.33. The molecule has 6 nitrogen and oxygen atoms in total. The van der Waals surface area contributed by atoms with E-state index in [1.807, 2.05) is 13.8 Å². The number of hydrogen-bond donors (Lipinski definition) is 0. The molecule has 6 heteroatoms. The average molecular weight is 212 g/mol. The van der Waals surface area contributed by atoms with Crippen LogP contribution < -0.4 is 0 Å². The highest BCUT2D eigenvalue weighted by atomic mass is 16.6. The number of aryl methyl sites for hydroxylation is 2. The molecule has 0 unspecified atom stereocenters. The first-order valence-corrected chi connectivity index (χ1v) is 5.27. The molecule has 0 atom stereocenters. The summed E-state index contributed by atoms with van der Waals surface area (Å²) in [4.78, 5) is 10.5. The zero-order chi connectivity index (χ0) is 11.3. The van der Waals surface area contributed by atoms with Crippen LogP contribution in [0.5, 0.6) is 0 Å². The Balaban J connectivity index is 2.90. The molecule has 0 fully saturated rings. The fraction of sp³-hybridized carbons (Fsp3) is 0.778. The lowest BCUT2D eigenvalue weighted by Crippen LogP contribution is -2.05. The van der Waals surface area contributed by atoms with Gasteiger partial charge in [-0.3, -0.25) is 0 Å². The van der Waals surface area contributed by atoms with E-state index in [4.69, 9.17) is 0 Å². The van der Waals surface area contributed by atoms with Crippen molar-refractivity contribution in [2.24, 2.45) is 0 Å². The number of nitro groups is 1. The first-order valence-electron chi connectivity index (χ1n) is 5.27. The molecule has 1 aromatic heterocycles. The van der Waals surface area contributed by atoms with E-state index in [1.165, 1.54) is 4.68 Å². The normalized spacial score (nSPS) is 10.5. The van der Waals surface area contributed by atoms with Gasteiger partial charge in [-0.1, -0.05) is 26.7 Å². The first kappa shape index (κ1) is 11.6. The van der Waals surface area contributed by atoms with Crippen LogP contribution in [-0.4, -0.2) is 19.9 Å². The minimum Gasteiger partial charge on any atom is -0.358 e. The lowest BCUT2D eigenvalue weighted by molar-refractivity contribution is -0.393. The SMILES string of the molecule is CCCCn1nnc(CCC)c1[N+](=O)[O-]. The van der Waals surface area contributed by atoms with Crippen molar-refractivity contribution >= 4 is 5.82 Å². The third-order valence-corrected chi connectivity index (χ3v) is 2.16. The molecule has 0 N–H and O–H groups in total. The minimum atomic E-state index is -0.388. The highest BCUT2D eigenvalue weighted by molar-refractivity contribution is 5.25. The molecule has 0 saturated heterocycles. The fourth-order valence-corrected chi connectivity index (χ4v) is 1.40. The summed E-state index contributed by atoms with van der Waals surface area (Å²) in [5, 5.41) is 18.5. The van der Waals surface area contributed by atoms with E-state index in [2.05, 4.69) is 10.3 Å². The molecule has 0 aromatic carbocycles. The maximum Gasteiger partial charge on any atom is 0.368 e. The van der Waals surface area contributed by atoms with Gasteiger partial charge < -0.3 is 10.1 Å². The molecular weight excluding hydrogens is 196 g/mol. The fourth-order valence-electron chi connectivity index (χ4n) is 1.40. The van der Waals surface area contributed by atoms with Crippen LogP contribution in [0.25, 0.3) is 0 Å². The monoisotopic (exact) mass is 212 g/mol. The quantitative estimate of drug-likeness (QED) is 0.533. The zero-order valence-corrected chi connectivity index (χ0v) is 9.14. The highest BCUT2D eigenvalue weighted by Crippen LogP contribution is 2.17. The van der Waals surface area contributed by atoms with E-state index in [0.29, 0.717) is 18.7 Å². The molecule has 0 spiro atoms. The Labute approximate surface area is 88.4 Å². The predicted molar refractivity (Wildman–Crippen MR) is 55.6 cm³/mol. The summed E-state index contributed by atoms with van der Waals surface area (Å²) >= 11 is 0. The van der Waals surface area contributed by atoms with Gasteiger partial charge in [-0.2, -0.15) is 0 Å². The number of aromatic nitrogens is 3. The van der Waals surface area contributed by atoms with E-state index >= 15 is 0 Å². The Kier molecular flexibility index (Phi) is 4.20. The highest BCUT2D eigenvalue weighted by Gasteiger charge is 2.22. The van der Waals surface area contributed by atoms with Crippen LogP contribution in [0.15, 0.2) is 0 Å². The van der Waals surface area contributed by atoms with Crippen LogP contribution in [0, 0.1) is 10.1 Å². The van der Waals surface area contributed by atoms with Crippen LogP contribution in [0.2, 0.25) is 0 Å². The summed E-state index contributed by atoms with van der Waals surface area (Å²) in [5.74, 6) is 0.0605. The summed E-state index contributed by atoms with van der Waals surface area (Å²) in [6, 6.07) is 0. The van der Waals surface area contributed by atoms with Gasteiger partial charge in [0.05, 0.1) is 0 Å². The van der Waals surface area contributed by atoms with Crippen molar-refractivity contribution in [1.82, 2.24) is 15.0 Å². The molecule has 84 valence electrons. The van der Waals surface area contributed by atoms with E-state index in [9.17, 15) is 10.1 Å². The molecule has 0 saturated carbocycles. The Morgan fingerprint density at radius 2 is 2.13 bits per heavy atom. The number of hydrogen-bond acceptors (Lipinski definition) is 4. The second kappa shape index (κ2) is 5.43. The first-order chi connectivity index (χ1) is 7.20. The van der Waals surface area contributed by atoms with Crippen molar-refractivity contribution in [1.29, 1.82) is 0 Å². The van der Waals surface area contributed by atoms with Crippen molar-refractivity contribution in [3.05, 3.63) is 15.8 Å². The zero-order valence-electron chi connectivity index (χ0n) is 9.14. The Hall–Kier alpha value is -1.46. The number of nitrogens with zero attached hydrogens (tertiary/aromatic N) is 4. The topological polar surface area (TPSA) is 73.8 Å². The van der Waals surface area contributed by atoms with Gasteiger partial charge in [-0.05, 0) is 17.8 Å². The van der Waals surface area contributed by atoms with Crippen molar-refractivity contribution < 1.29 is 4.92 Å². The molecule has 1 heterocycles. The molecule has 1 rings (SSSR count). The predicted octanol–water partition coefficient (Wildman–Crippen LogP) is 1.94.